The lowest BCUT2D eigenvalue weighted by Crippen LogP contribution is -2.35. The quantitative estimate of drug-likeness (QED) is 0.776. The van der Waals surface area contributed by atoms with Gasteiger partial charge in [0.1, 0.15) is 12.1 Å². The maximum atomic E-state index is 12.2. The van der Waals surface area contributed by atoms with Gasteiger partial charge in [-0.2, -0.15) is 0 Å². The fourth-order valence-corrected chi connectivity index (χ4v) is 3.61. The van der Waals surface area contributed by atoms with Crippen molar-refractivity contribution >= 4 is 5.91 Å². The van der Waals surface area contributed by atoms with Gasteiger partial charge in [-0.25, -0.2) is 9.97 Å². The molecule has 1 amide bonds. The van der Waals surface area contributed by atoms with Gasteiger partial charge in [0.25, 0.3) is 0 Å². The van der Waals surface area contributed by atoms with E-state index in [4.69, 9.17) is 4.74 Å². The van der Waals surface area contributed by atoms with Crippen LogP contribution >= 0.6 is 0 Å². The lowest BCUT2D eigenvalue weighted by atomic mass is 9.93. The molecule has 144 valence electrons. The Morgan fingerprint density at radius 2 is 2.15 bits per heavy atom. The molecule has 0 spiro atoms. The Hall–Kier alpha value is -2.47. The van der Waals surface area contributed by atoms with Crippen molar-refractivity contribution in [1.29, 1.82) is 0 Å². The number of benzene rings is 1. The smallest absolute Gasteiger partial charge is 0.220 e. The summed E-state index contributed by atoms with van der Waals surface area (Å²) < 4.78 is 5.22. The molecule has 6 heteroatoms. The van der Waals surface area contributed by atoms with Gasteiger partial charge in [-0.15, -0.1) is 0 Å². The van der Waals surface area contributed by atoms with E-state index in [0.717, 1.165) is 42.9 Å². The van der Waals surface area contributed by atoms with Crippen molar-refractivity contribution in [2.45, 2.75) is 38.8 Å². The zero-order valence-corrected chi connectivity index (χ0v) is 15.9. The number of piperidine rings is 1. The van der Waals surface area contributed by atoms with Crippen molar-refractivity contribution in [2.24, 2.45) is 5.92 Å². The highest BCUT2D eigenvalue weighted by molar-refractivity contribution is 5.75. The minimum atomic E-state index is 0.117. The zero-order chi connectivity index (χ0) is 18.9. The van der Waals surface area contributed by atoms with Gasteiger partial charge in [-0.1, -0.05) is 12.1 Å². The van der Waals surface area contributed by atoms with Crippen LogP contribution in [0.2, 0.25) is 0 Å². The molecule has 2 aromatic rings. The average molecular weight is 368 g/mol. The summed E-state index contributed by atoms with van der Waals surface area (Å²) in [6.07, 6.45) is 9.22. The fourth-order valence-electron chi connectivity index (χ4n) is 3.61. The predicted molar refractivity (Wildman–Crippen MR) is 104 cm³/mol. The number of methoxy groups -OCH3 is 1. The Labute approximate surface area is 161 Å². The van der Waals surface area contributed by atoms with Crippen LogP contribution in [0, 0.1) is 5.92 Å². The highest BCUT2D eigenvalue weighted by atomic mass is 16.5. The number of amides is 1. The summed E-state index contributed by atoms with van der Waals surface area (Å²) in [7, 11) is 1.65. The van der Waals surface area contributed by atoms with Gasteiger partial charge in [0, 0.05) is 44.0 Å². The van der Waals surface area contributed by atoms with Crippen molar-refractivity contribution in [3.8, 4) is 5.75 Å². The minimum absolute atomic E-state index is 0.117. The third-order valence-electron chi connectivity index (χ3n) is 5.03. The van der Waals surface area contributed by atoms with Crippen molar-refractivity contribution in [3.63, 3.8) is 0 Å². The molecule has 0 bridgehead atoms. The zero-order valence-electron chi connectivity index (χ0n) is 15.9. The molecule has 1 N–H and O–H groups in total. The largest absolute Gasteiger partial charge is 0.497 e. The summed E-state index contributed by atoms with van der Waals surface area (Å²) in [5.74, 6) is 1.50. The molecule has 1 aliphatic heterocycles. The molecule has 0 saturated carbocycles. The van der Waals surface area contributed by atoms with Crippen LogP contribution < -0.4 is 10.1 Å². The SMILES string of the molecule is COc1cccc(CNC(=O)CC[C@H]2CCCN(Cc3cncnc3)C2)c1. The van der Waals surface area contributed by atoms with E-state index < -0.39 is 0 Å². The number of ether oxygens (including phenoxy) is 1. The molecule has 1 aromatic carbocycles. The van der Waals surface area contributed by atoms with Crippen LogP contribution in [-0.4, -0.2) is 41.0 Å². The van der Waals surface area contributed by atoms with Crippen molar-refractivity contribution in [1.82, 2.24) is 20.2 Å². The molecule has 0 radical (unpaired) electrons. The average Bonchev–Trinajstić information content (AvgIpc) is 2.72. The summed E-state index contributed by atoms with van der Waals surface area (Å²) in [4.78, 5) is 22.8. The van der Waals surface area contributed by atoms with Gasteiger partial charge in [0.2, 0.25) is 5.91 Å². The van der Waals surface area contributed by atoms with Crippen molar-refractivity contribution in [3.05, 3.63) is 54.1 Å². The summed E-state index contributed by atoms with van der Waals surface area (Å²) in [5, 5.41) is 3.02. The number of carbonyl (C=O) groups excluding carboxylic acids is 1. The molecule has 0 unspecified atom stereocenters. The van der Waals surface area contributed by atoms with Crippen molar-refractivity contribution < 1.29 is 9.53 Å². The maximum absolute atomic E-state index is 12.2. The summed E-state index contributed by atoms with van der Waals surface area (Å²) >= 11 is 0. The number of nitrogens with zero attached hydrogens (tertiary/aromatic N) is 3. The van der Waals surface area contributed by atoms with E-state index in [-0.39, 0.29) is 5.91 Å². The predicted octanol–water partition coefficient (Wildman–Crippen LogP) is 2.79. The van der Waals surface area contributed by atoms with Crippen LogP contribution in [-0.2, 0) is 17.9 Å². The Kier molecular flexibility index (Phi) is 7.16. The second kappa shape index (κ2) is 10.0. The summed E-state index contributed by atoms with van der Waals surface area (Å²) in [6, 6.07) is 7.79. The van der Waals surface area contributed by atoms with E-state index in [1.165, 1.54) is 12.8 Å². The van der Waals surface area contributed by atoms with Crippen LogP contribution in [0.25, 0.3) is 0 Å². The Bertz CT molecular complexity index is 723. The first-order valence-corrected chi connectivity index (χ1v) is 9.59. The minimum Gasteiger partial charge on any atom is -0.497 e. The number of nitrogens with one attached hydrogen (secondary N) is 1. The standard InChI is InChI=1S/C21H28N4O2/c1-27-20-6-2-4-18(10-20)13-24-21(26)8-7-17-5-3-9-25(14-17)15-19-11-22-16-23-12-19/h2,4,6,10-12,16-17H,3,5,7-9,13-15H2,1H3,(H,24,26)/t17-/m1/s1. The lowest BCUT2D eigenvalue weighted by molar-refractivity contribution is -0.121. The first-order valence-electron chi connectivity index (χ1n) is 9.59. The van der Waals surface area contributed by atoms with E-state index in [0.29, 0.717) is 18.9 Å². The second-order valence-corrected chi connectivity index (χ2v) is 7.16. The molecular weight excluding hydrogens is 340 g/mol. The first-order chi connectivity index (χ1) is 13.2. The Morgan fingerprint density at radius 1 is 1.30 bits per heavy atom. The highest BCUT2D eigenvalue weighted by Crippen LogP contribution is 2.22. The third-order valence-corrected chi connectivity index (χ3v) is 5.03. The third kappa shape index (κ3) is 6.32. The Morgan fingerprint density at radius 3 is 2.96 bits per heavy atom. The van der Waals surface area contributed by atoms with Gasteiger partial charge in [-0.3, -0.25) is 9.69 Å². The molecular formula is C21H28N4O2. The van der Waals surface area contributed by atoms with Crippen LogP contribution in [0.3, 0.4) is 0 Å². The van der Waals surface area contributed by atoms with Gasteiger partial charge >= 0.3 is 0 Å². The van der Waals surface area contributed by atoms with E-state index in [9.17, 15) is 4.79 Å². The van der Waals surface area contributed by atoms with Gasteiger partial charge in [0.05, 0.1) is 7.11 Å². The second-order valence-electron chi connectivity index (χ2n) is 7.16. The molecule has 3 rings (SSSR count). The molecule has 2 heterocycles. The van der Waals surface area contributed by atoms with E-state index in [2.05, 4.69) is 20.2 Å². The van der Waals surface area contributed by atoms with E-state index >= 15 is 0 Å². The van der Waals surface area contributed by atoms with E-state index in [1.807, 2.05) is 36.7 Å². The maximum Gasteiger partial charge on any atom is 0.220 e. The first kappa shape index (κ1) is 19.3. The van der Waals surface area contributed by atoms with Gasteiger partial charge < -0.3 is 10.1 Å². The van der Waals surface area contributed by atoms with Crippen molar-refractivity contribution in [2.75, 3.05) is 20.2 Å². The molecule has 0 aliphatic carbocycles. The molecule has 27 heavy (non-hydrogen) atoms. The van der Waals surface area contributed by atoms with E-state index in [1.54, 1.807) is 13.4 Å². The molecule has 1 atom stereocenters. The normalized spacial score (nSPS) is 17.4. The fraction of sp³-hybridized carbons (Fsp3) is 0.476. The number of hydrogen-bond donors (Lipinski definition) is 1. The molecule has 6 nitrogen and oxygen atoms in total. The van der Waals surface area contributed by atoms with Gasteiger partial charge in [0.15, 0.2) is 0 Å². The number of rotatable bonds is 8. The molecule has 1 fully saturated rings. The monoisotopic (exact) mass is 368 g/mol. The number of hydrogen-bond acceptors (Lipinski definition) is 5. The molecule has 1 aromatic heterocycles. The molecule has 1 aliphatic rings. The number of likely N-dealkylation sites (tertiary alicyclic amines) is 1. The highest BCUT2D eigenvalue weighted by Gasteiger charge is 2.20. The summed E-state index contributed by atoms with van der Waals surface area (Å²) in [6.45, 7) is 3.58. The topological polar surface area (TPSA) is 67.3 Å². The number of aromatic nitrogens is 2. The van der Waals surface area contributed by atoms with Crippen LogP contribution in [0.15, 0.2) is 43.0 Å². The lowest BCUT2D eigenvalue weighted by Gasteiger charge is -2.32. The summed E-state index contributed by atoms with van der Waals surface area (Å²) in [5.41, 5.74) is 2.20. The number of carbonyl (C=O) groups is 1. The van der Waals surface area contributed by atoms with Crippen LogP contribution in [0.5, 0.6) is 5.75 Å². The Balaban J connectivity index is 1.39. The molecule has 1 saturated heterocycles. The van der Waals surface area contributed by atoms with Gasteiger partial charge in [-0.05, 0) is 49.4 Å². The van der Waals surface area contributed by atoms with Crippen LogP contribution in [0.1, 0.15) is 36.8 Å². The van der Waals surface area contributed by atoms with Crippen LogP contribution in [0.4, 0.5) is 0 Å².